The van der Waals surface area contributed by atoms with Crippen LogP contribution in [0.2, 0.25) is 0 Å². The standard InChI is InChI=1S/C17H20O2S2/c1-17(2,20-13-15-9-5-3-6-10-15)14-21(18,19)16-11-7-4-8-12-16/h3-12H,13-14H2,1-2H3. The largest absolute Gasteiger partial charge is 0.224 e. The minimum atomic E-state index is -3.24. The highest BCUT2D eigenvalue weighted by atomic mass is 32.2. The molecular formula is C17H20O2S2. The minimum Gasteiger partial charge on any atom is -0.224 e. The van der Waals surface area contributed by atoms with Crippen molar-refractivity contribution in [3.8, 4) is 0 Å². The van der Waals surface area contributed by atoms with Crippen molar-refractivity contribution in [2.75, 3.05) is 5.75 Å². The van der Waals surface area contributed by atoms with E-state index in [9.17, 15) is 8.42 Å². The van der Waals surface area contributed by atoms with E-state index in [1.165, 1.54) is 5.56 Å². The molecule has 0 spiro atoms. The van der Waals surface area contributed by atoms with Gasteiger partial charge in [0.2, 0.25) is 0 Å². The van der Waals surface area contributed by atoms with Crippen molar-refractivity contribution in [3.63, 3.8) is 0 Å². The van der Waals surface area contributed by atoms with Gasteiger partial charge in [0.15, 0.2) is 9.84 Å². The molecule has 0 bridgehead atoms. The summed E-state index contributed by atoms with van der Waals surface area (Å²) in [6.07, 6.45) is 0. The second-order valence-corrected chi connectivity index (χ2v) is 9.28. The maximum atomic E-state index is 12.4. The first-order valence-corrected chi connectivity index (χ1v) is 9.49. The molecular weight excluding hydrogens is 300 g/mol. The fourth-order valence-corrected chi connectivity index (χ4v) is 5.27. The van der Waals surface area contributed by atoms with Gasteiger partial charge in [-0.3, -0.25) is 0 Å². The number of benzene rings is 2. The average Bonchev–Trinajstić information content (AvgIpc) is 2.46. The SMILES string of the molecule is CC(C)(CS(=O)(=O)c1ccccc1)SCc1ccccc1. The number of hydrogen-bond acceptors (Lipinski definition) is 3. The zero-order chi connectivity index (χ0) is 15.3. The lowest BCUT2D eigenvalue weighted by Crippen LogP contribution is -2.27. The molecule has 0 aromatic heterocycles. The third kappa shape index (κ3) is 4.90. The van der Waals surface area contributed by atoms with Crippen molar-refractivity contribution in [2.24, 2.45) is 0 Å². The molecule has 2 aromatic carbocycles. The molecule has 21 heavy (non-hydrogen) atoms. The molecule has 0 aliphatic heterocycles. The Morgan fingerprint density at radius 3 is 2.00 bits per heavy atom. The van der Waals surface area contributed by atoms with E-state index in [4.69, 9.17) is 0 Å². The van der Waals surface area contributed by atoms with Gasteiger partial charge in [-0.1, -0.05) is 48.5 Å². The maximum Gasteiger partial charge on any atom is 0.179 e. The average molecular weight is 320 g/mol. The summed E-state index contributed by atoms with van der Waals surface area (Å²) in [6.45, 7) is 3.97. The van der Waals surface area contributed by atoms with Gasteiger partial charge in [-0.15, -0.1) is 11.8 Å². The predicted octanol–water partition coefficient (Wildman–Crippen LogP) is 4.17. The first-order valence-electron chi connectivity index (χ1n) is 6.85. The highest BCUT2D eigenvalue weighted by Gasteiger charge is 2.27. The molecule has 0 aliphatic carbocycles. The molecule has 2 aromatic rings. The third-order valence-electron chi connectivity index (χ3n) is 3.11. The van der Waals surface area contributed by atoms with Crippen LogP contribution in [0.3, 0.4) is 0 Å². The fraction of sp³-hybridized carbons (Fsp3) is 0.294. The Kier molecular flexibility index (Phi) is 5.12. The van der Waals surface area contributed by atoms with Crippen molar-refractivity contribution < 1.29 is 8.42 Å². The summed E-state index contributed by atoms with van der Waals surface area (Å²) in [4.78, 5) is 0.401. The van der Waals surface area contributed by atoms with Gasteiger partial charge in [0.25, 0.3) is 0 Å². The fourth-order valence-electron chi connectivity index (χ4n) is 2.06. The van der Waals surface area contributed by atoms with Gasteiger partial charge < -0.3 is 0 Å². The molecule has 0 atom stereocenters. The normalized spacial score (nSPS) is 12.3. The minimum absolute atomic E-state index is 0.140. The van der Waals surface area contributed by atoms with Crippen LogP contribution in [-0.2, 0) is 15.6 Å². The van der Waals surface area contributed by atoms with E-state index in [-0.39, 0.29) is 10.5 Å². The summed E-state index contributed by atoms with van der Waals surface area (Å²) in [5, 5.41) is 0. The van der Waals surface area contributed by atoms with Gasteiger partial charge in [-0.05, 0) is 31.5 Å². The molecule has 0 radical (unpaired) electrons. The van der Waals surface area contributed by atoms with E-state index >= 15 is 0 Å². The molecule has 0 fully saturated rings. The molecule has 4 heteroatoms. The zero-order valence-electron chi connectivity index (χ0n) is 12.3. The Hall–Kier alpha value is -1.26. The van der Waals surface area contributed by atoms with Crippen LogP contribution in [0.1, 0.15) is 19.4 Å². The van der Waals surface area contributed by atoms with E-state index in [0.29, 0.717) is 4.90 Å². The number of hydrogen-bond donors (Lipinski definition) is 0. The molecule has 0 amide bonds. The quantitative estimate of drug-likeness (QED) is 0.801. The maximum absolute atomic E-state index is 12.4. The predicted molar refractivity (Wildman–Crippen MR) is 90.3 cm³/mol. The van der Waals surface area contributed by atoms with Gasteiger partial charge in [-0.25, -0.2) is 8.42 Å². The molecule has 2 rings (SSSR count). The molecule has 0 heterocycles. The lowest BCUT2D eigenvalue weighted by molar-refractivity contribution is 0.588. The molecule has 0 saturated heterocycles. The van der Waals surface area contributed by atoms with Crippen molar-refractivity contribution in [1.82, 2.24) is 0 Å². The Labute approximate surface area is 131 Å². The number of sulfone groups is 1. The van der Waals surface area contributed by atoms with Crippen LogP contribution < -0.4 is 0 Å². The highest BCUT2D eigenvalue weighted by molar-refractivity contribution is 8.01. The number of rotatable bonds is 6. The topological polar surface area (TPSA) is 34.1 Å². The van der Waals surface area contributed by atoms with Gasteiger partial charge in [-0.2, -0.15) is 0 Å². The van der Waals surface area contributed by atoms with Crippen LogP contribution in [0.4, 0.5) is 0 Å². The lowest BCUT2D eigenvalue weighted by atomic mass is 10.2. The Bertz CT molecular complexity index is 662. The van der Waals surface area contributed by atoms with E-state index in [1.807, 2.05) is 38.1 Å². The first kappa shape index (κ1) is 16.1. The molecule has 0 aliphatic rings. The van der Waals surface area contributed by atoms with Gasteiger partial charge in [0.1, 0.15) is 0 Å². The van der Waals surface area contributed by atoms with Crippen molar-refractivity contribution in [3.05, 3.63) is 66.2 Å². The third-order valence-corrected chi connectivity index (χ3v) is 6.79. The van der Waals surface area contributed by atoms with Crippen molar-refractivity contribution in [1.29, 1.82) is 0 Å². The van der Waals surface area contributed by atoms with Crippen LogP contribution in [0.5, 0.6) is 0 Å². The summed E-state index contributed by atoms with van der Waals surface area (Å²) in [7, 11) is -3.24. The van der Waals surface area contributed by atoms with Crippen molar-refractivity contribution in [2.45, 2.75) is 29.2 Å². The van der Waals surface area contributed by atoms with Crippen LogP contribution in [0, 0.1) is 0 Å². The second kappa shape index (κ2) is 6.67. The van der Waals surface area contributed by atoms with Crippen molar-refractivity contribution >= 4 is 21.6 Å². The summed E-state index contributed by atoms with van der Waals surface area (Å²) in [5.41, 5.74) is 1.22. The van der Waals surface area contributed by atoms with E-state index < -0.39 is 9.84 Å². The molecule has 0 N–H and O–H groups in total. The monoisotopic (exact) mass is 320 g/mol. The summed E-state index contributed by atoms with van der Waals surface area (Å²) >= 11 is 1.67. The molecule has 112 valence electrons. The summed E-state index contributed by atoms with van der Waals surface area (Å²) in [6, 6.07) is 18.8. The Balaban J connectivity index is 2.03. The van der Waals surface area contributed by atoms with Crippen LogP contribution >= 0.6 is 11.8 Å². The smallest absolute Gasteiger partial charge is 0.179 e. The zero-order valence-corrected chi connectivity index (χ0v) is 14.0. The van der Waals surface area contributed by atoms with Crippen LogP contribution in [-0.4, -0.2) is 18.9 Å². The molecule has 0 unspecified atom stereocenters. The van der Waals surface area contributed by atoms with E-state index in [0.717, 1.165) is 5.75 Å². The van der Waals surface area contributed by atoms with Gasteiger partial charge >= 0.3 is 0 Å². The van der Waals surface area contributed by atoms with Crippen LogP contribution in [0.15, 0.2) is 65.6 Å². The second-order valence-electron chi connectivity index (χ2n) is 5.61. The summed E-state index contributed by atoms with van der Waals surface area (Å²) in [5.74, 6) is 0.958. The molecule has 0 saturated carbocycles. The summed E-state index contributed by atoms with van der Waals surface area (Å²) < 4.78 is 24.6. The Morgan fingerprint density at radius 1 is 0.905 bits per heavy atom. The number of thioether (sulfide) groups is 1. The van der Waals surface area contributed by atoms with E-state index in [2.05, 4.69) is 12.1 Å². The first-order chi connectivity index (χ1) is 9.89. The van der Waals surface area contributed by atoms with Crippen LogP contribution in [0.25, 0.3) is 0 Å². The molecule has 2 nitrogen and oxygen atoms in total. The highest BCUT2D eigenvalue weighted by Crippen LogP contribution is 2.31. The van der Waals surface area contributed by atoms with E-state index in [1.54, 1.807) is 36.0 Å². The van der Waals surface area contributed by atoms with Gasteiger partial charge in [0, 0.05) is 10.5 Å². The Morgan fingerprint density at radius 2 is 1.43 bits per heavy atom. The lowest BCUT2D eigenvalue weighted by Gasteiger charge is -2.24. The van der Waals surface area contributed by atoms with Gasteiger partial charge in [0.05, 0.1) is 10.6 Å².